The van der Waals surface area contributed by atoms with E-state index in [-0.39, 0.29) is 11.7 Å². The van der Waals surface area contributed by atoms with Crippen LogP contribution in [0, 0.1) is 11.7 Å². The molecule has 2 atom stereocenters. The molecule has 0 bridgehead atoms. The number of rotatable bonds is 3. The Morgan fingerprint density at radius 1 is 1.26 bits per heavy atom. The highest BCUT2D eigenvalue weighted by Crippen LogP contribution is 2.23. The summed E-state index contributed by atoms with van der Waals surface area (Å²) in [5.41, 5.74) is 0.827. The first-order valence-electron chi connectivity index (χ1n) is 6.89. The molecule has 1 N–H and O–H groups in total. The van der Waals surface area contributed by atoms with Crippen molar-refractivity contribution >= 4 is 12.0 Å². The Morgan fingerprint density at radius 3 is 2.63 bits per heavy atom. The van der Waals surface area contributed by atoms with Crippen molar-refractivity contribution in [2.24, 2.45) is 5.92 Å². The smallest absolute Gasteiger partial charge is 0.244 e. The van der Waals surface area contributed by atoms with Crippen LogP contribution in [0.5, 0.6) is 0 Å². The van der Waals surface area contributed by atoms with Crippen LogP contribution in [0.3, 0.4) is 0 Å². The first kappa shape index (κ1) is 13.8. The third kappa shape index (κ3) is 4.19. The minimum atomic E-state index is -0.266. The number of carbonyl (C=O) groups excluding carboxylic acids is 1. The molecule has 1 aromatic rings. The Kier molecular flexibility index (Phi) is 4.72. The van der Waals surface area contributed by atoms with Gasteiger partial charge in [-0.05, 0) is 42.5 Å². The minimum absolute atomic E-state index is 0.0666. The van der Waals surface area contributed by atoms with Crippen molar-refractivity contribution in [1.29, 1.82) is 0 Å². The lowest BCUT2D eigenvalue weighted by atomic mass is 9.86. The van der Waals surface area contributed by atoms with Gasteiger partial charge in [-0.25, -0.2) is 4.39 Å². The Balaban J connectivity index is 1.88. The maximum atomic E-state index is 12.7. The molecular weight excluding hydrogens is 241 g/mol. The summed E-state index contributed by atoms with van der Waals surface area (Å²) in [4.78, 5) is 11.8. The van der Waals surface area contributed by atoms with Crippen LogP contribution in [0.2, 0.25) is 0 Å². The van der Waals surface area contributed by atoms with Crippen molar-refractivity contribution in [2.45, 2.75) is 38.6 Å². The number of carbonyl (C=O) groups is 1. The van der Waals surface area contributed by atoms with E-state index in [1.807, 2.05) is 0 Å². The summed E-state index contributed by atoms with van der Waals surface area (Å²) in [7, 11) is 0. The second kappa shape index (κ2) is 6.50. The van der Waals surface area contributed by atoms with Crippen molar-refractivity contribution < 1.29 is 9.18 Å². The van der Waals surface area contributed by atoms with E-state index < -0.39 is 0 Å². The lowest BCUT2D eigenvalue weighted by molar-refractivity contribution is -0.117. The molecule has 0 aliphatic heterocycles. The van der Waals surface area contributed by atoms with Gasteiger partial charge in [0, 0.05) is 12.1 Å². The van der Waals surface area contributed by atoms with E-state index in [1.165, 1.54) is 37.5 Å². The average Bonchev–Trinajstić information content (AvgIpc) is 2.41. The Bertz CT molecular complexity index is 452. The predicted molar refractivity (Wildman–Crippen MR) is 75.0 cm³/mol. The predicted octanol–water partition coefficient (Wildman–Crippen LogP) is 3.53. The van der Waals surface area contributed by atoms with E-state index in [2.05, 4.69) is 12.2 Å². The molecule has 1 aliphatic rings. The molecule has 3 heteroatoms. The monoisotopic (exact) mass is 261 g/mol. The molecule has 19 heavy (non-hydrogen) atoms. The summed E-state index contributed by atoms with van der Waals surface area (Å²) < 4.78 is 12.7. The molecule has 0 aromatic heterocycles. The molecule has 0 radical (unpaired) electrons. The lowest BCUT2D eigenvalue weighted by Gasteiger charge is -2.29. The highest BCUT2D eigenvalue weighted by Gasteiger charge is 2.21. The van der Waals surface area contributed by atoms with Crippen LogP contribution < -0.4 is 5.32 Å². The highest BCUT2D eigenvalue weighted by molar-refractivity contribution is 5.91. The van der Waals surface area contributed by atoms with Gasteiger partial charge in [-0.15, -0.1) is 0 Å². The van der Waals surface area contributed by atoms with E-state index in [0.29, 0.717) is 12.0 Å². The number of amides is 1. The molecule has 0 unspecified atom stereocenters. The normalized spacial score (nSPS) is 23.5. The quantitative estimate of drug-likeness (QED) is 0.828. The standard InChI is InChI=1S/C16H20FNO/c1-12-4-2-3-5-15(12)18-16(19)11-8-13-6-9-14(17)10-7-13/h6-12,15H,2-5H2,1H3,(H,18,19)/b11-8+/t12-,15-/m1/s1. The van der Waals surface area contributed by atoms with Gasteiger partial charge in [0.05, 0.1) is 0 Å². The zero-order valence-electron chi connectivity index (χ0n) is 11.2. The molecule has 1 amide bonds. The summed E-state index contributed by atoms with van der Waals surface area (Å²) in [5, 5.41) is 3.05. The first-order chi connectivity index (χ1) is 9.15. The van der Waals surface area contributed by atoms with Gasteiger partial charge in [-0.3, -0.25) is 4.79 Å². The fraction of sp³-hybridized carbons (Fsp3) is 0.438. The second-order valence-corrected chi connectivity index (χ2v) is 5.26. The van der Waals surface area contributed by atoms with E-state index in [0.717, 1.165) is 12.0 Å². The first-order valence-corrected chi connectivity index (χ1v) is 6.89. The van der Waals surface area contributed by atoms with E-state index in [9.17, 15) is 9.18 Å². The summed E-state index contributed by atoms with van der Waals surface area (Å²) in [6.07, 6.45) is 7.94. The van der Waals surface area contributed by atoms with Crippen molar-refractivity contribution in [3.05, 3.63) is 41.7 Å². The van der Waals surface area contributed by atoms with Crippen LogP contribution in [0.25, 0.3) is 6.08 Å². The molecule has 1 aromatic carbocycles. The third-order valence-corrected chi connectivity index (χ3v) is 3.74. The maximum Gasteiger partial charge on any atom is 0.244 e. The number of halogens is 1. The van der Waals surface area contributed by atoms with Gasteiger partial charge in [-0.1, -0.05) is 31.9 Å². The van der Waals surface area contributed by atoms with Gasteiger partial charge in [0.2, 0.25) is 5.91 Å². The van der Waals surface area contributed by atoms with E-state index >= 15 is 0 Å². The van der Waals surface area contributed by atoms with Crippen LogP contribution in [0.15, 0.2) is 30.3 Å². The zero-order chi connectivity index (χ0) is 13.7. The summed E-state index contributed by atoms with van der Waals surface area (Å²) in [5.74, 6) is 0.220. The summed E-state index contributed by atoms with van der Waals surface area (Å²) in [6.45, 7) is 2.19. The van der Waals surface area contributed by atoms with Gasteiger partial charge in [0.25, 0.3) is 0 Å². The van der Waals surface area contributed by atoms with Gasteiger partial charge >= 0.3 is 0 Å². The molecule has 0 heterocycles. The van der Waals surface area contributed by atoms with Crippen molar-refractivity contribution in [3.63, 3.8) is 0 Å². The molecule has 0 saturated heterocycles. The molecular formula is C16H20FNO. The average molecular weight is 261 g/mol. The number of benzene rings is 1. The van der Waals surface area contributed by atoms with E-state index in [1.54, 1.807) is 18.2 Å². The highest BCUT2D eigenvalue weighted by atomic mass is 19.1. The van der Waals surface area contributed by atoms with Crippen LogP contribution in [0.1, 0.15) is 38.2 Å². The third-order valence-electron chi connectivity index (χ3n) is 3.74. The fourth-order valence-corrected chi connectivity index (χ4v) is 2.51. The number of nitrogens with one attached hydrogen (secondary N) is 1. The maximum absolute atomic E-state index is 12.7. The lowest BCUT2D eigenvalue weighted by Crippen LogP contribution is -2.40. The topological polar surface area (TPSA) is 29.1 Å². The zero-order valence-corrected chi connectivity index (χ0v) is 11.2. The van der Waals surface area contributed by atoms with Crippen LogP contribution >= 0.6 is 0 Å². The number of hydrogen-bond donors (Lipinski definition) is 1. The Morgan fingerprint density at radius 2 is 1.95 bits per heavy atom. The van der Waals surface area contributed by atoms with Crippen LogP contribution in [-0.2, 0) is 4.79 Å². The number of hydrogen-bond acceptors (Lipinski definition) is 1. The molecule has 1 fully saturated rings. The molecule has 2 rings (SSSR count). The van der Waals surface area contributed by atoms with Crippen LogP contribution in [-0.4, -0.2) is 11.9 Å². The Hall–Kier alpha value is -1.64. The summed E-state index contributed by atoms with van der Waals surface area (Å²) >= 11 is 0. The minimum Gasteiger partial charge on any atom is -0.350 e. The van der Waals surface area contributed by atoms with Gasteiger partial charge in [0.1, 0.15) is 5.82 Å². The molecule has 2 nitrogen and oxygen atoms in total. The molecule has 1 aliphatic carbocycles. The van der Waals surface area contributed by atoms with Crippen molar-refractivity contribution in [2.75, 3.05) is 0 Å². The van der Waals surface area contributed by atoms with Gasteiger partial charge < -0.3 is 5.32 Å². The van der Waals surface area contributed by atoms with Gasteiger partial charge in [-0.2, -0.15) is 0 Å². The molecule has 102 valence electrons. The molecule has 0 spiro atoms. The fourth-order valence-electron chi connectivity index (χ4n) is 2.51. The van der Waals surface area contributed by atoms with Crippen molar-refractivity contribution in [3.8, 4) is 0 Å². The van der Waals surface area contributed by atoms with Gasteiger partial charge in [0.15, 0.2) is 0 Å². The molecule has 1 saturated carbocycles. The van der Waals surface area contributed by atoms with Crippen molar-refractivity contribution in [1.82, 2.24) is 5.32 Å². The van der Waals surface area contributed by atoms with Crippen LogP contribution in [0.4, 0.5) is 4.39 Å². The second-order valence-electron chi connectivity index (χ2n) is 5.26. The van der Waals surface area contributed by atoms with E-state index in [4.69, 9.17) is 0 Å². The Labute approximate surface area is 113 Å². The largest absolute Gasteiger partial charge is 0.350 e. The summed E-state index contributed by atoms with van der Waals surface area (Å²) in [6, 6.07) is 6.38. The SMILES string of the molecule is C[C@@H]1CCCC[C@H]1NC(=O)/C=C/c1ccc(F)cc1.